The highest BCUT2D eigenvalue weighted by atomic mass is 16.3. The van der Waals surface area contributed by atoms with Crippen molar-refractivity contribution in [2.75, 3.05) is 0 Å². The second kappa shape index (κ2) is 3.56. The molecular weight excluding hydrogens is 152 g/mol. The smallest absolute Gasteiger partial charge is 0.130 e. The van der Waals surface area contributed by atoms with Gasteiger partial charge in [-0.15, -0.1) is 0 Å². The molecule has 1 rings (SSSR count). The molecule has 0 bridgehead atoms. The number of Topliss-reactive ketones (excluding diaryl/α,β-unsaturated/α-hetero) is 1. The number of aliphatic hydroxyl groups is 1. The molecule has 0 aromatic rings. The SMILES string of the molecule is CC(=O)CC1CC1C(O)C(C)C. The summed E-state index contributed by atoms with van der Waals surface area (Å²) in [7, 11) is 0. The summed E-state index contributed by atoms with van der Waals surface area (Å²) >= 11 is 0. The summed E-state index contributed by atoms with van der Waals surface area (Å²) in [6.07, 6.45) is 1.50. The number of hydrogen-bond donors (Lipinski definition) is 1. The molecule has 2 heteroatoms. The van der Waals surface area contributed by atoms with E-state index in [9.17, 15) is 9.90 Å². The molecule has 1 aliphatic carbocycles. The van der Waals surface area contributed by atoms with Crippen LogP contribution in [0.1, 0.15) is 33.6 Å². The van der Waals surface area contributed by atoms with E-state index < -0.39 is 0 Å². The molecule has 0 radical (unpaired) electrons. The molecule has 3 atom stereocenters. The molecule has 70 valence electrons. The normalized spacial score (nSPS) is 30.4. The molecule has 0 amide bonds. The maximum absolute atomic E-state index is 10.8. The fraction of sp³-hybridized carbons (Fsp3) is 0.900. The predicted octanol–water partition coefficient (Wildman–Crippen LogP) is 1.62. The summed E-state index contributed by atoms with van der Waals surface area (Å²) in [6.45, 7) is 5.67. The van der Waals surface area contributed by atoms with Crippen LogP contribution in [-0.4, -0.2) is 17.0 Å². The van der Waals surface area contributed by atoms with Gasteiger partial charge < -0.3 is 9.90 Å². The van der Waals surface area contributed by atoms with Gasteiger partial charge in [-0.05, 0) is 31.1 Å². The van der Waals surface area contributed by atoms with Crippen molar-refractivity contribution in [3.05, 3.63) is 0 Å². The van der Waals surface area contributed by atoms with Crippen molar-refractivity contribution in [1.82, 2.24) is 0 Å². The lowest BCUT2D eigenvalue weighted by atomic mass is 10.0. The second-order valence-corrected chi connectivity index (χ2v) is 4.30. The second-order valence-electron chi connectivity index (χ2n) is 4.30. The molecule has 3 unspecified atom stereocenters. The predicted molar refractivity (Wildman–Crippen MR) is 47.7 cm³/mol. The lowest BCUT2D eigenvalue weighted by Gasteiger charge is -2.13. The van der Waals surface area contributed by atoms with Crippen LogP contribution in [0.5, 0.6) is 0 Å². The van der Waals surface area contributed by atoms with Crippen LogP contribution in [0, 0.1) is 17.8 Å². The zero-order valence-electron chi connectivity index (χ0n) is 8.08. The third-order valence-corrected chi connectivity index (χ3v) is 2.65. The number of rotatable bonds is 4. The van der Waals surface area contributed by atoms with Gasteiger partial charge in [-0.3, -0.25) is 0 Å². The zero-order valence-corrected chi connectivity index (χ0v) is 8.08. The van der Waals surface area contributed by atoms with Crippen molar-refractivity contribution < 1.29 is 9.90 Å². The van der Waals surface area contributed by atoms with Crippen LogP contribution in [0.2, 0.25) is 0 Å². The third kappa shape index (κ3) is 2.31. The summed E-state index contributed by atoms with van der Waals surface area (Å²) < 4.78 is 0. The minimum atomic E-state index is -0.200. The lowest BCUT2D eigenvalue weighted by molar-refractivity contribution is -0.117. The first-order valence-corrected chi connectivity index (χ1v) is 4.70. The Bertz CT molecular complexity index is 175. The van der Waals surface area contributed by atoms with E-state index in [-0.39, 0.29) is 11.9 Å². The molecule has 1 N–H and O–H groups in total. The Labute approximate surface area is 74.0 Å². The summed E-state index contributed by atoms with van der Waals surface area (Å²) in [4.78, 5) is 10.8. The fourth-order valence-corrected chi connectivity index (χ4v) is 1.79. The zero-order chi connectivity index (χ0) is 9.30. The topological polar surface area (TPSA) is 37.3 Å². The van der Waals surface area contributed by atoms with Crippen molar-refractivity contribution in [3.63, 3.8) is 0 Å². The number of hydrogen-bond acceptors (Lipinski definition) is 2. The van der Waals surface area contributed by atoms with Gasteiger partial charge in [-0.25, -0.2) is 0 Å². The number of carbonyl (C=O) groups is 1. The Kier molecular flexibility index (Phi) is 2.89. The Hall–Kier alpha value is -0.370. The van der Waals surface area contributed by atoms with Crippen LogP contribution in [0.4, 0.5) is 0 Å². The first kappa shape index (κ1) is 9.72. The largest absolute Gasteiger partial charge is 0.393 e. The quantitative estimate of drug-likeness (QED) is 0.696. The molecular formula is C10H18O2. The van der Waals surface area contributed by atoms with Crippen molar-refractivity contribution in [2.45, 2.75) is 39.7 Å². The van der Waals surface area contributed by atoms with Crippen molar-refractivity contribution in [3.8, 4) is 0 Å². The standard InChI is InChI=1S/C10H18O2/c1-6(2)10(12)9-5-8(9)4-7(3)11/h6,8-10,12H,4-5H2,1-3H3. The van der Waals surface area contributed by atoms with Gasteiger partial charge in [-0.1, -0.05) is 13.8 Å². The van der Waals surface area contributed by atoms with Crippen LogP contribution < -0.4 is 0 Å². The molecule has 1 saturated carbocycles. The summed E-state index contributed by atoms with van der Waals surface area (Å²) in [5.74, 6) is 1.44. The van der Waals surface area contributed by atoms with Gasteiger partial charge in [-0.2, -0.15) is 0 Å². The maximum atomic E-state index is 10.8. The van der Waals surface area contributed by atoms with E-state index in [1.165, 1.54) is 0 Å². The van der Waals surface area contributed by atoms with Gasteiger partial charge in [0, 0.05) is 6.42 Å². The highest BCUT2D eigenvalue weighted by Gasteiger charge is 2.43. The highest BCUT2D eigenvalue weighted by Crippen LogP contribution is 2.45. The summed E-state index contributed by atoms with van der Waals surface area (Å²) in [6, 6.07) is 0. The Balaban J connectivity index is 2.27. The molecule has 0 aromatic heterocycles. The molecule has 0 aromatic carbocycles. The fourth-order valence-electron chi connectivity index (χ4n) is 1.79. The van der Waals surface area contributed by atoms with Crippen LogP contribution in [0.25, 0.3) is 0 Å². The monoisotopic (exact) mass is 170 g/mol. The van der Waals surface area contributed by atoms with E-state index in [0.29, 0.717) is 24.2 Å². The summed E-state index contributed by atoms with van der Waals surface area (Å²) in [5, 5.41) is 9.64. The maximum Gasteiger partial charge on any atom is 0.130 e. The van der Waals surface area contributed by atoms with Gasteiger partial charge in [0.25, 0.3) is 0 Å². The highest BCUT2D eigenvalue weighted by molar-refractivity contribution is 5.76. The average molecular weight is 170 g/mol. The lowest BCUT2D eigenvalue weighted by Crippen LogP contribution is -2.18. The Morgan fingerprint density at radius 1 is 1.58 bits per heavy atom. The molecule has 0 saturated heterocycles. The van der Waals surface area contributed by atoms with E-state index in [0.717, 1.165) is 6.42 Å². The minimum Gasteiger partial charge on any atom is -0.393 e. The molecule has 0 aliphatic heterocycles. The first-order valence-electron chi connectivity index (χ1n) is 4.70. The number of ketones is 1. The minimum absolute atomic E-state index is 0.200. The number of aliphatic hydroxyl groups excluding tert-OH is 1. The molecule has 0 spiro atoms. The van der Waals surface area contributed by atoms with Crippen LogP contribution in [0.15, 0.2) is 0 Å². The van der Waals surface area contributed by atoms with Crippen LogP contribution in [-0.2, 0) is 4.79 Å². The van der Waals surface area contributed by atoms with Gasteiger partial charge in [0.1, 0.15) is 5.78 Å². The Morgan fingerprint density at radius 2 is 2.17 bits per heavy atom. The van der Waals surface area contributed by atoms with Crippen molar-refractivity contribution >= 4 is 5.78 Å². The third-order valence-electron chi connectivity index (χ3n) is 2.65. The van der Waals surface area contributed by atoms with Gasteiger partial charge in [0.2, 0.25) is 0 Å². The molecule has 1 fully saturated rings. The van der Waals surface area contributed by atoms with Crippen LogP contribution in [0.3, 0.4) is 0 Å². The number of carbonyl (C=O) groups excluding carboxylic acids is 1. The Morgan fingerprint density at radius 3 is 2.58 bits per heavy atom. The average Bonchev–Trinajstić information content (AvgIpc) is 2.64. The molecule has 2 nitrogen and oxygen atoms in total. The van der Waals surface area contributed by atoms with E-state index >= 15 is 0 Å². The van der Waals surface area contributed by atoms with Crippen molar-refractivity contribution in [1.29, 1.82) is 0 Å². The van der Waals surface area contributed by atoms with E-state index in [2.05, 4.69) is 0 Å². The first-order chi connectivity index (χ1) is 5.52. The summed E-state index contributed by atoms with van der Waals surface area (Å²) in [5.41, 5.74) is 0. The van der Waals surface area contributed by atoms with Crippen molar-refractivity contribution in [2.24, 2.45) is 17.8 Å². The molecule has 1 aliphatic rings. The van der Waals surface area contributed by atoms with Gasteiger partial charge in [0.15, 0.2) is 0 Å². The van der Waals surface area contributed by atoms with Gasteiger partial charge >= 0.3 is 0 Å². The van der Waals surface area contributed by atoms with E-state index in [1.54, 1.807) is 6.92 Å². The molecule has 12 heavy (non-hydrogen) atoms. The van der Waals surface area contributed by atoms with Gasteiger partial charge in [0.05, 0.1) is 6.10 Å². The molecule has 0 heterocycles. The van der Waals surface area contributed by atoms with E-state index in [1.807, 2.05) is 13.8 Å². The van der Waals surface area contributed by atoms with E-state index in [4.69, 9.17) is 0 Å². The van der Waals surface area contributed by atoms with Crippen LogP contribution >= 0.6 is 0 Å².